The number of carbonyl (C=O) groups excluding carboxylic acids is 1. The van der Waals surface area contributed by atoms with Crippen LogP contribution in [0.25, 0.3) is 11.4 Å². The minimum atomic E-state index is -0.713. The van der Waals surface area contributed by atoms with Crippen molar-refractivity contribution in [2.45, 2.75) is 53.1 Å². The van der Waals surface area contributed by atoms with E-state index in [1.165, 1.54) is 0 Å². The van der Waals surface area contributed by atoms with Crippen LogP contribution in [0.2, 0.25) is 0 Å². The highest BCUT2D eigenvalue weighted by atomic mass is 16.6. The quantitative estimate of drug-likeness (QED) is 0.560. The highest BCUT2D eigenvalue weighted by Crippen LogP contribution is 2.33. The lowest BCUT2D eigenvalue weighted by atomic mass is 9.89. The van der Waals surface area contributed by atoms with Crippen LogP contribution in [0.1, 0.15) is 51.4 Å². The zero-order valence-corrected chi connectivity index (χ0v) is 20.8. The monoisotopic (exact) mass is 472 g/mol. The Hall–Kier alpha value is -3.17. The van der Waals surface area contributed by atoms with E-state index < -0.39 is 5.97 Å². The van der Waals surface area contributed by atoms with Crippen LogP contribution in [-0.2, 0) is 29.6 Å². The Kier molecular flexibility index (Phi) is 8.46. The van der Waals surface area contributed by atoms with Crippen molar-refractivity contribution in [1.29, 1.82) is 0 Å². The second-order valence-electron chi connectivity index (χ2n) is 8.85. The highest BCUT2D eigenvalue weighted by molar-refractivity contribution is 5.71. The lowest BCUT2D eigenvalue weighted by molar-refractivity contribution is -0.143. The first-order valence-corrected chi connectivity index (χ1v) is 12.0. The normalized spacial score (nSPS) is 16.5. The number of carboxylic acid groups (broad SMARTS) is 1. The third-order valence-electron chi connectivity index (χ3n) is 6.57. The molecule has 0 spiro atoms. The molecular formula is C24H36N6O4. The molecule has 34 heavy (non-hydrogen) atoms. The maximum atomic E-state index is 12.2. The van der Waals surface area contributed by atoms with Gasteiger partial charge >= 0.3 is 12.1 Å². The number of hydrogen-bond acceptors (Lipinski definition) is 7. The van der Waals surface area contributed by atoms with Crippen molar-refractivity contribution in [2.24, 2.45) is 18.9 Å². The maximum absolute atomic E-state index is 12.2. The van der Waals surface area contributed by atoms with Gasteiger partial charge in [-0.25, -0.2) is 14.5 Å². The molecule has 1 aliphatic rings. The number of aliphatic carboxylic acids is 1. The summed E-state index contributed by atoms with van der Waals surface area (Å²) in [5.41, 5.74) is 3.90. The van der Waals surface area contributed by atoms with Gasteiger partial charge in [0.05, 0.1) is 23.0 Å². The standard InChI is InChI=1S/C24H36N6O4/c1-6-12-28(4)24(33)34-15-21-22(26-27-29(21)5)19-9-10-20(18(8-3)25-19)30-13-11-16(14-30)17(7-2)23(31)32/h9-10,16-17H,6-8,11-15H2,1-5H3,(H,31,32)/t16-,17-/m1/s1. The average Bonchev–Trinajstić information content (AvgIpc) is 3.44. The summed E-state index contributed by atoms with van der Waals surface area (Å²) in [7, 11) is 3.48. The molecular weight excluding hydrogens is 436 g/mol. The van der Waals surface area contributed by atoms with Gasteiger partial charge in [0.15, 0.2) is 0 Å². The Balaban J connectivity index is 1.79. The van der Waals surface area contributed by atoms with Crippen molar-refractivity contribution < 1.29 is 19.4 Å². The number of carbonyl (C=O) groups is 2. The summed E-state index contributed by atoms with van der Waals surface area (Å²) >= 11 is 0. The molecule has 2 atom stereocenters. The van der Waals surface area contributed by atoms with E-state index >= 15 is 0 Å². The zero-order chi connectivity index (χ0) is 24.8. The van der Waals surface area contributed by atoms with Crippen LogP contribution in [0.4, 0.5) is 10.5 Å². The van der Waals surface area contributed by atoms with Gasteiger partial charge in [-0.1, -0.05) is 26.0 Å². The fraction of sp³-hybridized carbons (Fsp3) is 0.625. The van der Waals surface area contributed by atoms with E-state index in [1.54, 1.807) is 23.7 Å². The molecule has 0 radical (unpaired) electrons. The molecule has 1 N–H and O–H groups in total. The second kappa shape index (κ2) is 11.3. The molecule has 3 rings (SSSR count). The van der Waals surface area contributed by atoms with E-state index in [0.717, 1.165) is 43.7 Å². The number of amides is 1. The van der Waals surface area contributed by atoms with Crippen LogP contribution in [0.3, 0.4) is 0 Å². The molecule has 10 nitrogen and oxygen atoms in total. The van der Waals surface area contributed by atoms with Crippen LogP contribution < -0.4 is 4.90 Å². The number of nitrogens with zero attached hydrogens (tertiary/aromatic N) is 6. The van der Waals surface area contributed by atoms with Gasteiger partial charge in [-0.3, -0.25) is 4.79 Å². The number of anilines is 1. The van der Waals surface area contributed by atoms with Crippen LogP contribution in [0, 0.1) is 11.8 Å². The largest absolute Gasteiger partial charge is 0.481 e. The summed E-state index contributed by atoms with van der Waals surface area (Å²) in [4.78, 5) is 32.5. The van der Waals surface area contributed by atoms with Gasteiger partial charge in [0.2, 0.25) is 0 Å². The predicted octanol–water partition coefficient (Wildman–Crippen LogP) is 3.36. The van der Waals surface area contributed by atoms with Gasteiger partial charge in [0, 0.05) is 33.7 Å². The summed E-state index contributed by atoms with van der Waals surface area (Å²) in [6.45, 7) is 8.21. The first-order chi connectivity index (χ1) is 16.3. The third-order valence-corrected chi connectivity index (χ3v) is 6.57. The predicted molar refractivity (Wildman–Crippen MR) is 128 cm³/mol. The van der Waals surface area contributed by atoms with Gasteiger partial charge < -0.3 is 19.6 Å². The maximum Gasteiger partial charge on any atom is 0.409 e. The molecule has 1 fully saturated rings. The fourth-order valence-corrected chi connectivity index (χ4v) is 4.62. The Labute approximate surface area is 200 Å². The number of pyridine rings is 1. The van der Waals surface area contributed by atoms with Crippen molar-refractivity contribution >= 4 is 17.7 Å². The number of rotatable bonds is 10. The molecule has 1 aliphatic heterocycles. The molecule has 0 aromatic carbocycles. The van der Waals surface area contributed by atoms with E-state index in [-0.39, 0.29) is 24.5 Å². The summed E-state index contributed by atoms with van der Waals surface area (Å²) < 4.78 is 7.07. The van der Waals surface area contributed by atoms with Gasteiger partial charge in [-0.05, 0) is 43.7 Å². The van der Waals surface area contributed by atoms with E-state index in [0.29, 0.717) is 30.0 Å². The van der Waals surface area contributed by atoms with Crippen molar-refractivity contribution in [3.8, 4) is 11.4 Å². The SMILES string of the molecule is CCCN(C)C(=O)OCc1c(-c2ccc(N3CC[C@@H]([C@@H](CC)C(=O)O)C3)c(CC)n2)nnn1C. The van der Waals surface area contributed by atoms with E-state index in [4.69, 9.17) is 9.72 Å². The Bertz CT molecular complexity index is 1010. The van der Waals surface area contributed by atoms with Crippen molar-refractivity contribution in [1.82, 2.24) is 24.9 Å². The fourth-order valence-electron chi connectivity index (χ4n) is 4.62. The second-order valence-corrected chi connectivity index (χ2v) is 8.85. The van der Waals surface area contributed by atoms with E-state index in [9.17, 15) is 14.7 Å². The first kappa shape index (κ1) is 25.5. The molecule has 0 unspecified atom stereocenters. The molecule has 186 valence electrons. The first-order valence-electron chi connectivity index (χ1n) is 12.0. The molecule has 10 heteroatoms. The topological polar surface area (TPSA) is 114 Å². The lowest BCUT2D eigenvalue weighted by Crippen LogP contribution is -2.28. The minimum absolute atomic E-state index is 0.0536. The van der Waals surface area contributed by atoms with Crippen LogP contribution in [0.15, 0.2) is 12.1 Å². The number of aryl methyl sites for hydroxylation is 2. The number of ether oxygens (including phenoxy) is 1. The van der Waals surface area contributed by atoms with E-state index in [2.05, 4.69) is 22.1 Å². The van der Waals surface area contributed by atoms with Gasteiger partial charge in [-0.2, -0.15) is 0 Å². The Morgan fingerprint density at radius 1 is 1.29 bits per heavy atom. The molecule has 2 aromatic heterocycles. The number of carboxylic acids is 1. The Morgan fingerprint density at radius 2 is 2.06 bits per heavy atom. The van der Waals surface area contributed by atoms with Gasteiger partial charge in [0.1, 0.15) is 18.0 Å². The smallest absolute Gasteiger partial charge is 0.409 e. The number of aromatic nitrogens is 4. The molecule has 2 aromatic rings. The van der Waals surface area contributed by atoms with Crippen molar-refractivity contribution in [3.63, 3.8) is 0 Å². The van der Waals surface area contributed by atoms with Crippen molar-refractivity contribution in [3.05, 3.63) is 23.5 Å². The van der Waals surface area contributed by atoms with Crippen LogP contribution >= 0.6 is 0 Å². The molecule has 0 saturated carbocycles. The zero-order valence-electron chi connectivity index (χ0n) is 20.8. The summed E-state index contributed by atoms with van der Waals surface area (Å²) in [5.74, 6) is -0.891. The van der Waals surface area contributed by atoms with Gasteiger partial charge in [0.25, 0.3) is 0 Å². The summed E-state index contributed by atoms with van der Waals surface area (Å²) in [6.07, 6.45) is 2.70. The minimum Gasteiger partial charge on any atom is -0.481 e. The molecule has 0 aliphatic carbocycles. The molecule has 1 saturated heterocycles. The van der Waals surface area contributed by atoms with E-state index in [1.807, 2.05) is 26.0 Å². The van der Waals surface area contributed by atoms with Crippen LogP contribution in [-0.4, -0.2) is 68.7 Å². The lowest BCUT2D eigenvalue weighted by Gasteiger charge is -2.23. The van der Waals surface area contributed by atoms with Crippen molar-refractivity contribution in [2.75, 3.05) is 31.6 Å². The molecule has 0 bridgehead atoms. The highest BCUT2D eigenvalue weighted by Gasteiger charge is 2.33. The Morgan fingerprint density at radius 3 is 2.71 bits per heavy atom. The summed E-state index contributed by atoms with van der Waals surface area (Å²) in [6, 6.07) is 3.94. The molecule has 1 amide bonds. The average molecular weight is 473 g/mol. The number of hydrogen-bond donors (Lipinski definition) is 1. The third kappa shape index (κ3) is 5.48. The molecule has 3 heterocycles. The van der Waals surface area contributed by atoms with Gasteiger partial charge in [-0.15, -0.1) is 5.10 Å². The van der Waals surface area contributed by atoms with Crippen LogP contribution in [0.5, 0.6) is 0 Å². The summed E-state index contributed by atoms with van der Waals surface area (Å²) in [5, 5.41) is 17.9.